The van der Waals surface area contributed by atoms with Crippen LogP contribution in [-0.2, 0) is 19.5 Å². The Hall–Kier alpha value is -2.54. The zero-order valence-electron chi connectivity index (χ0n) is 14.1. The van der Waals surface area contributed by atoms with Crippen LogP contribution in [0.5, 0.6) is 0 Å². The van der Waals surface area contributed by atoms with E-state index in [0.717, 1.165) is 23.4 Å². The highest BCUT2D eigenvalue weighted by Crippen LogP contribution is 2.18. The van der Waals surface area contributed by atoms with Gasteiger partial charge in [-0.05, 0) is 25.1 Å². The molecular weight excluding hydrogens is 306 g/mol. The molecule has 3 heterocycles. The van der Waals surface area contributed by atoms with E-state index in [1.54, 1.807) is 12.4 Å². The Morgan fingerprint density at radius 1 is 1.17 bits per heavy atom. The molecule has 0 unspecified atom stereocenters. The number of hydrogen-bond acceptors (Lipinski definition) is 7. The minimum Gasteiger partial charge on any atom is -0.359 e. The van der Waals surface area contributed by atoms with Crippen molar-refractivity contribution >= 4 is 0 Å². The Morgan fingerprint density at radius 3 is 2.79 bits per heavy atom. The van der Waals surface area contributed by atoms with E-state index in [1.165, 1.54) is 0 Å². The van der Waals surface area contributed by atoms with E-state index in [1.807, 2.05) is 25.2 Å². The molecule has 0 fully saturated rings. The Balaban J connectivity index is 1.58. The molecule has 0 aliphatic rings. The molecule has 0 radical (unpaired) electrons. The molecule has 0 atom stereocenters. The SMILES string of the molecule is CC(C)Cc1nc(CN(C)Cc2cc(-c3cccnc3)no2)no1. The summed E-state index contributed by atoms with van der Waals surface area (Å²) in [5.74, 6) is 2.64. The lowest BCUT2D eigenvalue weighted by molar-refractivity contribution is 0.257. The van der Waals surface area contributed by atoms with Crippen LogP contribution in [0.1, 0.15) is 31.3 Å². The molecule has 3 aromatic rings. The highest BCUT2D eigenvalue weighted by Gasteiger charge is 2.13. The molecule has 0 saturated heterocycles. The summed E-state index contributed by atoms with van der Waals surface area (Å²) < 4.78 is 10.7. The molecule has 0 spiro atoms. The molecule has 24 heavy (non-hydrogen) atoms. The molecule has 126 valence electrons. The van der Waals surface area contributed by atoms with Crippen molar-refractivity contribution in [3.8, 4) is 11.3 Å². The molecule has 3 aromatic heterocycles. The van der Waals surface area contributed by atoms with Crippen LogP contribution in [0.2, 0.25) is 0 Å². The van der Waals surface area contributed by atoms with Gasteiger partial charge in [0.1, 0.15) is 5.69 Å². The fourth-order valence-electron chi connectivity index (χ4n) is 2.39. The van der Waals surface area contributed by atoms with Crippen molar-refractivity contribution in [2.75, 3.05) is 7.05 Å². The minimum atomic E-state index is 0.496. The molecule has 3 rings (SSSR count). The zero-order valence-corrected chi connectivity index (χ0v) is 14.1. The smallest absolute Gasteiger partial charge is 0.226 e. The molecule has 0 amide bonds. The summed E-state index contributed by atoms with van der Waals surface area (Å²) in [5, 5.41) is 8.11. The third-order valence-electron chi connectivity index (χ3n) is 3.45. The van der Waals surface area contributed by atoms with Crippen LogP contribution in [0, 0.1) is 5.92 Å². The maximum absolute atomic E-state index is 5.40. The van der Waals surface area contributed by atoms with Gasteiger partial charge in [-0.3, -0.25) is 9.88 Å². The molecule has 0 N–H and O–H groups in total. The summed E-state index contributed by atoms with van der Waals surface area (Å²) in [6, 6.07) is 5.75. The van der Waals surface area contributed by atoms with E-state index < -0.39 is 0 Å². The van der Waals surface area contributed by atoms with Crippen molar-refractivity contribution in [3.63, 3.8) is 0 Å². The van der Waals surface area contributed by atoms with Crippen LogP contribution in [0.3, 0.4) is 0 Å². The van der Waals surface area contributed by atoms with Crippen molar-refractivity contribution in [2.24, 2.45) is 5.92 Å². The highest BCUT2D eigenvalue weighted by atomic mass is 16.5. The second-order valence-corrected chi connectivity index (χ2v) is 6.29. The van der Waals surface area contributed by atoms with Gasteiger partial charge in [0.25, 0.3) is 0 Å². The average molecular weight is 327 g/mol. The summed E-state index contributed by atoms with van der Waals surface area (Å²) in [6.45, 7) is 5.45. The van der Waals surface area contributed by atoms with Crippen molar-refractivity contribution in [3.05, 3.63) is 48.1 Å². The largest absolute Gasteiger partial charge is 0.359 e. The highest BCUT2D eigenvalue weighted by molar-refractivity contribution is 5.57. The molecule has 0 aromatic carbocycles. The van der Waals surface area contributed by atoms with Gasteiger partial charge < -0.3 is 9.05 Å². The summed E-state index contributed by atoms with van der Waals surface area (Å²) in [6.07, 6.45) is 4.30. The average Bonchev–Trinajstić information content (AvgIpc) is 3.17. The number of nitrogens with zero attached hydrogens (tertiary/aromatic N) is 5. The number of hydrogen-bond donors (Lipinski definition) is 0. The predicted octanol–water partition coefficient (Wildman–Crippen LogP) is 2.95. The maximum Gasteiger partial charge on any atom is 0.226 e. The van der Waals surface area contributed by atoms with Crippen molar-refractivity contribution in [1.82, 2.24) is 25.2 Å². The van der Waals surface area contributed by atoms with Gasteiger partial charge in [-0.25, -0.2) is 0 Å². The second-order valence-electron chi connectivity index (χ2n) is 6.29. The molecule has 7 heteroatoms. The topological polar surface area (TPSA) is 81.1 Å². The first-order chi connectivity index (χ1) is 11.6. The van der Waals surface area contributed by atoms with Gasteiger partial charge in [-0.15, -0.1) is 0 Å². The third-order valence-corrected chi connectivity index (χ3v) is 3.45. The predicted molar refractivity (Wildman–Crippen MR) is 87.7 cm³/mol. The van der Waals surface area contributed by atoms with Gasteiger partial charge in [0, 0.05) is 30.4 Å². The minimum absolute atomic E-state index is 0.496. The van der Waals surface area contributed by atoms with Gasteiger partial charge in [0.2, 0.25) is 5.89 Å². The van der Waals surface area contributed by atoms with Crippen LogP contribution in [0.25, 0.3) is 11.3 Å². The fraction of sp³-hybridized carbons (Fsp3) is 0.412. The van der Waals surface area contributed by atoms with E-state index >= 15 is 0 Å². The van der Waals surface area contributed by atoms with Gasteiger partial charge >= 0.3 is 0 Å². The molecule has 0 aliphatic carbocycles. The van der Waals surface area contributed by atoms with Crippen molar-refractivity contribution < 1.29 is 9.05 Å². The van der Waals surface area contributed by atoms with E-state index in [4.69, 9.17) is 9.05 Å². The van der Waals surface area contributed by atoms with Crippen LogP contribution >= 0.6 is 0 Å². The van der Waals surface area contributed by atoms with Gasteiger partial charge in [-0.2, -0.15) is 4.98 Å². The van der Waals surface area contributed by atoms with Crippen LogP contribution in [-0.4, -0.2) is 32.2 Å². The van der Waals surface area contributed by atoms with Crippen LogP contribution in [0.15, 0.2) is 39.6 Å². The Morgan fingerprint density at radius 2 is 2.04 bits per heavy atom. The number of pyridine rings is 1. The van der Waals surface area contributed by atoms with Gasteiger partial charge in [0.05, 0.1) is 13.1 Å². The number of aromatic nitrogens is 4. The first-order valence-corrected chi connectivity index (χ1v) is 7.96. The summed E-state index contributed by atoms with van der Waals surface area (Å²) in [4.78, 5) is 10.6. The summed E-state index contributed by atoms with van der Waals surface area (Å²) in [5.41, 5.74) is 1.72. The molecular formula is C17H21N5O2. The van der Waals surface area contributed by atoms with Crippen molar-refractivity contribution in [1.29, 1.82) is 0 Å². The maximum atomic E-state index is 5.40. The van der Waals surface area contributed by atoms with E-state index in [-0.39, 0.29) is 0 Å². The lowest BCUT2D eigenvalue weighted by Crippen LogP contribution is -2.17. The van der Waals surface area contributed by atoms with E-state index in [9.17, 15) is 0 Å². The molecule has 0 aliphatic heterocycles. The molecule has 7 nitrogen and oxygen atoms in total. The van der Waals surface area contributed by atoms with Gasteiger partial charge in [0.15, 0.2) is 11.6 Å². The number of rotatable bonds is 7. The van der Waals surface area contributed by atoms with Gasteiger partial charge in [-0.1, -0.05) is 24.2 Å². The summed E-state index contributed by atoms with van der Waals surface area (Å²) >= 11 is 0. The third kappa shape index (κ3) is 4.26. The van der Waals surface area contributed by atoms with Crippen LogP contribution in [0.4, 0.5) is 0 Å². The second kappa shape index (κ2) is 7.35. The molecule has 0 bridgehead atoms. The standard InChI is InChI=1S/C17H21N5O2/c1-12(2)7-17-19-16(21-24-17)11-22(3)10-14-8-15(20-23-14)13-5-4-6-18-9-13/h4-6,8-9,12H,7,10-11H2,1-3H3. The first-order valence-electron chi connectivity index (χ1n) is 7.96. The van der Waals surface area contributed by atoms with Crippen LogP contribution < -0.4 is 0 Å². The Bertz CT molecular complexity index is 766. The Kier molecular flexibility index (Phi) is 5.00. The van der Waals surface area contributed by atoms with E-state index in [2.05, 4.69) is 39.0 Å². The normalized spacial score (nSPS) is 11.5. The molecule has 0 saturated carbocycles. The fourth-order valence-corrected chi connectivity index (χ4v) is 2.39. The monoisotopic (exact) mass is 327 g/mol. The lowest BCUT2D eigenvalue weighted by Gasteiger charge is -2.11. The van der Waals surface area contributed by atoms with Crippen molar-refractivity contribution in [2.45, 2.75) is 33.4 Å². The lowest BCUT2D eigenvalue weighted by atomic mass is 10.1. The van der Waals surface area contributed by atoms with E-state index in [0.29, 0.717) is 30.7 Å². The summed E-state index contributed by atoms with van der Waals surface area (Å²) in [7, 11) is 1.98. The Labute approximate surface area is 140 Å². The quantitative estimate of drug-likeness (QED) is 0.660. The first kappa shape index (κ1) is 16.3. The zero-order chi connectivity index (χ0) is 16.9.